The Labute approximate surface area is 216 Å². The summed E-state index contributed by atoms with van der Waals surface area (Å²) in [6, 6.07) is 13.8. The minimum atomic E-state index is -0.565. The quantitative estimate of drug-likeness (QED) is 0.345. The number of fused-ring (bicyclic) bond motifs is 1. The van der Waals surface area contributed by atoms with Crippen LogP contribution < -0.4 is 5.32 Å². The van der Waals surface area contributed by atoms with Crippen molar-refractivity contribution < 1.29 is 9.18 Å². The van der Waals surface area contributed by atoms with Crippen LogP contribution in [0.5, 0.6) is 0 Å². The van der Waals surface area contributed by atoms with E-state index in [1.807, 2.05) is 37.3 Å². The number of amides is 2. The molecule has 37 heavy (non-hydrogen) atoms. The average molecular weight is 520 g/mol. The van der Waals surface area contributed by atoms with E-state index in [9.17, 15) is 9.18 Å². The zero-order valence-electron chi connectivity index (χ0n) is 20.1. The second kappa shape index (κ2) is 10.3. The van der Waals surface area contributed by atoms with Gasteiger partial charge >= 0.3 is 6.03 Å². The number of nitrogens with zero attached hydrogens (tertiary/aromatic N) is 8. The summed E-state index contributed by atoms with van der Waals surface area (Å²) in [4.78, 5) is 27.9. The summed E-state index contributed by atoms with van der Waals surface area (Å²) in [5.41, 5.74) is 2.09. The molecule has 0 saturated heterocycles. The van der Waals surface area contributed by atoms with Crippen molar-refractivity contribution in [2.24, 2.45) is 0 Å². The van der Waals surface area contributed by atoms with Gasteiger partial charge in [-0.05, 0) is 38.1 Å². The standard InChI is InChI=1S/C25H23ClFN9O/c1-3-34(14-24-30-15-31-35(24)19-10-17-6-4-5-7-22(17)28-12-19)25(37)29-13-23-32-16(2)33-36(23)18-8-9-20(26)21(27)11-18/h4-12,15H,3,13-14H2,1-2H3,(H,29,37). The predicted molar refractivity (Wildman–Crippen MR) is 136 cm³/mol. The highest BCUT2D eigenvalue weighted by Crippen LogP contribution is 2.19. The summed E-state index contributed by atoms with van der Waals surface area (Å²) in [7, 11) is 0. The lowest BCUT2D eigenvalue weighted by Gasteiger charge is -2.21. The molecule has 0 unspecified atom stereocenters. The third kappa shape index (κ3) is 5.12. The maximum absolute atomic E-state index is 14.0. The van der Waals surface area contributed by atoms with Gasteiger partial charge in [-0.3, -0.25) is 4.98 Å². The molecule has 12 heteroatoms. The first-order chi connectivity index (χ1) is 17.9. The largest absolute Gasteiger partial charge is 0.331 e. The van der Waals surface area contributed by atoms with E-state index in [1.165, 1.54) is 23.1 Å². The molecule has 5 aromatic rings. The van der Waals surface area contributed by atoms with Crippen molar-refractivity contribution in [1.29, 1.82) is 0 Å². The van der Waals surface area contributed by atoms with E-state index in [4.69, 9.17) is 11.6 Å². The molecule has 0 atom stereocenters. The van der Waals surface area contributed by atoms with E-state index in [2.05, 4.69) is 30.5 Å². The number of aryl methyl sites for hydroxylation is 1. The van der Waals surface area contributed by atoms with Gasteiger partial charge in [-0.1, -0.05) is 29.8 Å². The molecule has 0 aliphatic rings. The molecule has 1 N–H and O–H groups in total. The molecule has 0 aliphatic heterocycles. The Morgan fingerprint density at radius 2 is 1.92 bits per heavy atom. The number of benzene rings is 2. The number of para-hydroxylation sites is 1. The molecule has 3 aromatic heterocycles. The first-order valence-electron chi connectivity index (χ1n) is 11.6. The zero-order valence-corrected chi connectivity index (χ0v) is 20.9. The van der Waals surface area contributed by atoms with E-state index in [1.54, 1.807) is 28.8 Å². The van der Waals surface area contributed by atoms with E-state index >= 15 is 0 Å². The van der Waals surface area contributed by atoms with Gasteiger partial charge in [0, 0.05) is 18.0 Å². The minimum absolute atomic E-state index is 0.0151. The van der Waals surface area contributed by atoms with Crippen LogP contribution in [0.3, 0.4) is 0 Å². The number of rotatable bonds is 7. The Hall–Kier alpha value is -4.38. The molecular formula is C25H23ClFN9O. The number of halogens is 2. The number of carbonyl (C=O) groups is 1. The predicted octanol–water partition coefficient (Wildman–Crippen LogP) is 4.23. The van der Waals surface area contributed by atoms with Gasteiger partial charge in [-0.2, -0.15) is 10.2 Å². The van der Waals surface area contributed by atoms with Crippen molar-refractivity contribution in [2.75, 3.05) is 6.54 Å². The van der Waals surface area contributed by atoms with Gasteiger partial charge in [0.2, 0.25) is 0 Å². The van der Waals surface area contributed by atoms with E-state index in [0.29, 0.717) is 29.7 Å². The van der Waals surface area contributed by atoms with Crippen LogP contribution in [0.1, 0.15) is 24.4 Å². The number of aromatic nitrogens is 7. The lowest BCUT2D eigenvalue weighted by molar-refractivity contribution is 0.195. The molecule has 2 aromatic carbocycles. The molecule has 0 radical (unpaired) electrons. The molecule has 10 nitrogen and oxygen atoms in total. The summed E-state index contributed by atoms with van der Waals surface area (Å²) >= 11 is 5.80. The Morgan fingerprint density at radius 3 is 2.73 bits per heavy atom. The van der Waals surface area contributed by atoms with Gasteiger partial charge in [0.1, 0.15) is 18.0 Å². The van der Waals surface area contributed by atoms with Crippen LogP contribution in [0.4, 0.5) is 9.18 Å². The van der Waals surface area contributed by atoms with Crippen molar-refractivity contribution in [1.82, 2.24) is 44.7 Å². The lowest BCUT2D eigenvalue weighted by Crippen LogP contribution is -2.40. The molecule has 188 valence electrons. The molecule has 3 heterocycles. The third-order valence-electron chi connectivity index (χ3n) is 5.77. The Balaban J connectivity index is 1.31. The van der Waals surface area contributed by atoms with Crippen molar-refractivity contribution in [3.8, 4) is 11.4 Å². The van der Waals surface area contributed by atoms with Gasteiger partial charge in [-0.25, -0.2) is 28.5 Å². The molecule has 0 bridgehead atoms. The minimum Gasteiger partial charge on any atom is -0.331 e. The number of urea groups is 1. The maximum Gasteiger partial charge on any atom is 0.318 e. The Bertz CT molecular complexity index is 1580. The van der Waals surface area contributed by atoms with Crippen molar-refractivity contribution in [3.63, 3.8) is 0 Å². The van der Waals surface area contributed by atoms with E-state index in [-0.39, 0.29) is 24.1 Å². The topological polar surface area (TPSA) is 107 Å². The number of hydrogen-bond donors (Lipinski definition) is 1. The van der Waals surface area contributed by atoms with Gasteiger partial charge in [0.05, 0.1) is 41.2 Å². The van der Waals surface area contributed by atoms with Gasteiger partial charge in [0.15, 0.2) is 11.6 Å². The van der Waals surface area contributed by atoms with Crippen molar-refractivity contribution in [2.45, 2.75) is 26.9 Å². The molecule has 0 spiro atoms. The molecular weight excluding hydrogens is 497 g/mol. The fourth-order valence-electron chi connectivity index (χ4n) is 3.93. The van der Waals surface area contributed by atoms with Crippen LogP contribution in [0.25, 0.3) is 22.3 Å². The van der Waals surface area contributed by atoms with Crippen LogP contribution in [0.15, 0.2) is 61.1 Å². The second-order valence-electron chi connectivity index (χ2n) is 8.23. The number of carbonyl (C=O) groups excluding carboxylic acids is 1. The summed E-state index contributed by atoms with van der Waals surface area (Å²) in [5.74, 6) is 0.966. The van der Waals surface area contributed by atoms with Crippen LogP contribution in [-0.2, 0) is 13.1 Å². The monoisotopic (exact) mass is 519 g/mol. The summed E-state index contributed by atoms with van der Waals surface area (Å²) in [6.07, 6.45) is 3.18. The van der Waals surface area contributed by atoms with Crippen LogP contribution in [0.2, 0.25) is 5.02 Å². The van der Waals surface area contributed by atoms with Crippen molar-refractivity contribution >= 4 is 28.5 Å². The smallest absolute Gasteiger partial charge is 0.318 e. The fourth-order valence-corrected chi connectivity index (χ4v) is 4.04. The molecule has 0 saturated carbocycles. The maximum atomic E-state index is 14.0. The molecule has 0 aliphatic carbocycles. The normalized spacial score (nSPS) is 11.1. The fraction of sp³-hybridized carbons (Fsp3) is 0.200. The Kier molecular flexibility index (Phi) is 6.78. The first kappa shape index (κ1) is 24.3. The molecule has 2 amide bonds. The second-order valence-corrected chi connectivity index (χ2v) is 8.64. The average Bonchev–Trinajstić information content (AvgIpc) is 3.53. The number of nitrogens with one attached hydrogen (secondary N) is 1. The van der Waals surface area contributed by atoms with E-state index in [0.717, 1.165) is 16.6 Å². The third-order valence-corrected chi connectivity index (χ3v) is 6.07. The van der Waals surface area contributed by atoms with Crippen LogP contribution >= 0.6 is 11.6 Å². The summed E-state index contributed by atoms with van der Waals surface area (Å²) in [5, 5.41) is 12.5. The molecule has 5 rings (SSSR count). The highest BCUT2D eigenvalue weighted by Gasteiger charge is 2.18. The summed E-state index contributed by atoms with van der Waals surface area (Å²) < 4.78 is 17.1. The SMILES string of the molecule is CCN(Cc1ncnn1-c1cnc2ccccc2c1)C(=O)NCc1nc(C)nn1-c1ccc(Cl)c(F)c1. The van der Waals surface area contributed by atoms with Crippen LogP contribution in [-0.4, -0.2) is 52.0 Å². The molecule has 0 fully saturated rings. The van der Waals surface area contributed by atoms with Crippen LogP contribution in [0, 0.1) is 12.7 Å². The first-order valence-corrected chi connectivity index (χ1v) is 12.0. The summed E-state index contributed by atoms with van der Waals surface area (Å²) in [6.45, 7) is 4.34. The zero-order chi connectivity index (χ0) is 25.9. The number of pyridine rings is 1. The highest BCUT2D eigenvalue weighted by molar-refractivity contribution is 6.30. The van der Waals surface area contributed by atoms with Gasteiger partial charge in [0.25, 0.3) is 0 Å². The van der Waals surface area contributed by atoms with E-state index < -0.39 is 5.82 Å². The van der Waals surface area contributed by atoms with Crippen molar-refractivity contribution in [3.05, 3.63) is 89.4 Å². The number of hydrogen-bond acceptors (Lipinski definition) is 6. The highest BCUT2D eigenvalue weighted by atomic mass is 35.5. The Morgan fingerprint density at radius 1 is 1.08 bits per heavy atom. The lowest BCUT2D eigenvalue weighted by atomic mass is 10.2. The van der Waals surface area contributed by atoms with Gasteiger partial charge < -0.3 is 10.2 Å². The van der Waals surface area contributed by atoms with Gasteiger partial charge in [-0.15, -0.1) is 0 Å².